The van der Waals surface area contributed by atoms with E-state index in [4.69, 9.17) is 9.47 Å². The van der Waals surface area contributed by atoms with Crippen molar-refractivity contribution in [2.45, 2.75) is 59.4 Å². The molecule has 5 rings (SSSR count). The van der Waals surface area contributed by atoms with Crippen molar-refractivity contribution in [3.63, 3.8) is 0 Å². The minimum Gasteiger partial charge on any atom is -0.497 e. The summed E-state index contributed by atoms with van der Waals surface area (Å²) in [6.07, 6.45) is 4.11. The van der Waals surface area contributed by atoms with Crippen LogP contribution in [0.4, 0.5) is 0 Å². The van der Waals surface area contributed by atoms with Crippen LogP contribution in [0.15, 0.2) is 60.7 Å². The molecule has 0 saturated heterocycles. The molecule has 0 bridgehead atoms. The van der Waals surface area contributed by atoms with Crippen LogP contribution in [0.25, 0.3) is 10.8 Å². The van der Waals surface area contributed by atoms with Gasteiger partial charge in [0, 0.05) is 29.2 Å². The maximum absolute atomic E-state index is 14.4. The first-order valence-corrected chi connectivity index (χ1v) is 14.1. The molecule has 2 saturated carbocycles. The lowest BCUT2D eigenvalue weighted by Crippen LogP contribution is -2.60. The van der Waals surface area contributed by atoms with Crippen molar-refractivity contribution >= 4 is 22.5 Å². The van der Waals surface area contributed by atoms with Gasteiger partial charge >= 0.3 is 0 Å². The third-order valence-electron chi connectivity index (χ3n) is 9.88. The highest BCUT2D eigenvalue weighted by Gasteiger charge is 2.58. The van der Waals surface area contributed by atoms with Gasteiger partial charge in [0.15, 0.2) is 5.78 Å². The van der Waals surface area contributed by atoms with Crippen molar-refractivity contribution < 1.29 is 19.1 Å². The number of nitrogens with one attached hydrogen (secondary N) is 1. The monoisotopic (exact) mass is 527 g/mol. The molecule has 0 spiro atoms. The average molecular weight is 528 g/mol. The van der Waals surface area contributed by atoms with Crippen LogP contribution in [-0.2, 0) is 0 Å². The predicted octanol–water partition coefficient (Wildman–Crippen LogP) is 7.33. The lowest BCUT2D eigenvalue weighted by Gasteiger charge is -2.60. The van der Waals surface area contributed by atoms with Gasteiger partial charge in [0.25, 0.3) is 5.91 Å². The quantitative estimate of drug-likeness (QED) is 0.341. The van der Waals surface area contributed by atoms with Crippen LogP contribution in [0, 0.1) is 28.6 Å². The second-order valence-corrected chi connectivity index (χ2v) is 12.6. The van der Waals surface area contributed by atoms with Gasteiger partial charge in [-0.05, 0) is 77.0 Å². The summed E-state index contributed by atoms with van der Waals surface area (Å²) in [5, 5.41) is 5.53. The highest BCUT2D eigenvalue weighted by molar-refractivity contribution is 6.00. The number of Topliss-reactive ketones (excluding diaryl/α,β-unsaturated/α-hetero) is 1. The first-order chi connectivity index (χ1) is 18.6. The van der Waals surface area contributed by atoms with Crippen LogP contribution in [0.3, 0.4) is 0 Å². The van der Waals surface area contributed by atoms with Crippen LogP contribution in [0.5, 0.6) is 11.5 Å². The van der Waals surface area contributed by atoms with Gasteiger partial charge in [-0.15, -0.1) is 0 Å². The van der Waals surface area contributed by atoms with E-state index in [9.17, 15) is 9.59 Å². The summed E-state index contributed by atoms with van der Waals surface area (Å²) < 4.78 is 11.0. The third kappa shape index (κ3) is 4.92. The molecular weight excluding hydrogens is 486 g/mol. The normalized spacial score (nSPS) is 27.8. The van der Waals surface area contributed by atoms with Crippen molar-refractivity contribution in [2.24, 2.45) is 28.6 Å². The van der Waals surface area contributed by atoms with E-state index in [0.29, 0.717) is 28.5 Å². The lowest BCUT2D eigenvalue weighted by molar-refractivity contribution is -0.0902. The number of benzene rings is 3. The van der Waals surface area contributed by atoms with E-state index in [1.807, 2.05) is 48.5 Å². The average Bonchev–Trinajstić information content (AvgIpc) is 2.93. The first kappa shape index (κ1) is 27.2. The zero-order valence-corrected chi connectivity index (χ0v) is 24.0. The van der Waals surface area contributed by atoms with E-state index in [2.05, 4.69) is 39.1 Å². The summed E-state index contributed by atoms with van der Waals surface area (Å²) in [6.45, 7) is 9.14. The Bertz CT molecular complexity index is 1370. The molecule has 0 heterocycles. The SMILES string of the molecule is COc1cc(OC)cc(C(=O)[C@H]2[C@H](C)[C@H](NC(=O)c3ccc4ccccc4c3)C[C@H]3C(C)(C)CCC[C@]23C)c1. The molecule has 5 atom stereocenters. The zero-order chi connectivity index (χ0) is 27.9. The minimum atomic E-state index is -0.241. The van der Waals surface area contributed by atoms with Gasteiger partial charge in [0.1, 0.15) is 11.5 Å². The number of ether oxygens (including phenoxy) is 2. The van der Waals surface area contributed by atoms with Crippen LogP contribution in [-0.4, -0.2) is 32.0 Å². The highest BCUT2D eigenvalue weighted by Crippen LogP contribution is 2.61. The Morgan fingerprint density at radius 2 is 1.51 bits per heavy atom. The van der Waals surface area contributed by atoms with Crippen molar-refractivity contribution in [1.82, 2.24) is 5.32 Å². The molecule has 5 heteroatoms. The number of ketones is 1. The summed E-state index contributed by atoms with van der Waals surface area (Å²) in [5.41, 5.74) is 1.16. The van der Waals surface area contributed by atoms with E-state index in [0.717, 1.165) is 36.5 Å². The van der Waals surface area contributed by atoms with E-state index >= 15 is 0 Å². The van der Waals surface area contributed by atoms with Gasteiger partial charge < -0.3 is 14.8 Å². The minimum absolute atomic E-state index is 0.0331. The van der Waals surface area contributed by atoms with Crippen LogP contribution < -0.4 is 14.8 Å². The van der Waals surface area contributed by atoms with Gasteiger partial charge in [0.2, 0.25) is 0 Å². The number of rotatable bonds is 6. The van der Waals surface area contributed by atoms with Gasteiger partial charge in [-0.1, -0.05) is 64.4 Å². The molecule has 0 aromatic heterocycles. The molecule has 3 aromatic rings. The predicted molar refractivity (Wildman–Crippen MR) is 156 cm³/mol. The Balaban J connectivity index is 1.51. The largest absolute Gasteiger partial charge is 0.497 e. The Morgan fingerprint density at radius 1 is 0.846 bits per heavy atom. The molecule has 5 nitrogen and oxygen atoms in total. The number of methoxy groups -OCH3 is 2. The number of amides is 1. The van der Waals surface area contributed by atoms with Gasteiger partial charge in [-0.25, -0.2) is 0 Å². The molecule has 1 amide bonds. The van der Waals surface area contributed by atoms with Crippen LogP contribution >= 0.6 is 0 Å². The lowest BCUT2D eigenvalue weighted by atomic mass is 9.45. The molecule has 206 valence electrons. The van der Waals surface area contributed by atoms with E-state index in [1.165, 1.54) is 0 Å². The van der Waals surface area contributed by atoms with Crippen molar-refractivity contribution in [1.29, 1.82) is 0 Å². The third-order valence-corrected chi connectivity index (χ3v) is 9.88. The summed E-state index contributed by atoms with van der Waals surface area (Å²) in [5.74, 6) is 1.27. The zero-order valence-electron chi connectivity index (χ0n) is 24.0. The van der Waals surface area contributed by atoms with Crippen LogP contribution in [0.2, 0.25) is 0 Å². The standard InChI is InChI=1S/C34H41NO4/c1-21-28(35-32(37)24-13-12-22-10-7-8-11-23(22)16-24)20-29-33(2,3)14-9-15-34(29,4)30(21)31(36)25-17-26(38-5)19-27(18-25)39-6/h7-8,10-13,16-19,21,28-30H,9,14-15,20H2,1-6H3,(H,35,37)/t21-,28-,29+,30-,34+/m1/s1. The fourth-order valence-corrected chi connectivity index (χ4v) is 7.87. The summed E-state index contributed by atoms with van der Waals surface area (Å²) >= 11 is 0. The summed E-state index contributed by atoms with van der Waals surface area (Å²) in [6, 6.07) is 19.2. The number of hydrogen-bond acceptors (Lipinski definition) is 4. The molecule has 2 aliphatic rings. The Morgan fingerprint density at radius 3 is 2.18 bits per heavy atom. The van der Waals surface area contributed by atoms with Gasteiger partial charge in [0.05, 0.1) is 14.2 Å². The van der Waals surface area contributed by atoms with Gasteiger partial charge in [-0.3, -0.25) is 9.59 Å². The maximum Gasteiger partial charge on any atom is 0.251 e. The Labute approximate surface area is 232 Å². The van der Waals surface area contributed by atoms with Crippen molar-refractivity contribution in [3.05, 3.63) is 71.8 Å². The number of carbonyl (C=O) groups excluding carboxylic acids is 2. The molecule has 2 fully saturated rings. The Kier molecular flexibility index (Phi) is 7.21. The number of carbonyl (C=O) groups is 2. The molecule has 0 unspecified atom stereocenters. The Hall–Kier alpha value is -3.34. The van der Waals surface area contributed by atoms with Gasteiger partial charge in [-0.2, -0.15) is 0 Å². The number of fused-ring (bicyclic) bond motifs is 2. The molecule has 0 radical (unpaired) electrons. The summed E-state index contributed by atoms with van der Waals surface area (Å²) in [4.78, 5) is 28.0. The van der Waals surface area contributed by atoms with Crippen molar-refractivity contribution in [2.75, 3.05) is 14.2 Å². The fourth-order valence-electron chi connectivity index (χ4n) is 7.87. The molecule has 39 heavy (non-hydrogen) atoms. The maximum atomic E-state index is 14.4. The van der Waals surface area contributed by atoms with Crippen LogP contribution in [0.1, 0.15) is 74.1 Å². The second-order valence-electron chi connectivity index (χ2n) is 12.6. The molecular formula is C34H41NO4. The topological polar surface area (TPSA) is 64.6 Å². The first-order valence-electron chi connectivity index (χ1n) is 14.1. The van der Waals surface area contributed by atoms with Crippen molar-refractivity contribution in [3.8, 4) is 11.5 Å². The highest BCUT2D eigenvalue weighted by atomic mass is 16.5. The number of hydrogen-bond donors (Lipinski definition) is 1. The fraction of sp³-hybridized carbons (Fsp3) is 0.471. The second kappa shape index (κ2) is 10.3. The smallest absolute Gasteiger partial charge is 0.251 e. The van der Waals surface area contributed by atoms with E-state index in [-0.39, 0.29) is 40.4 Å². The van der Waals surface area contributed by atoms with E-state index in [1.54, 1.807) is 20.3 Å². The molecule has 3 aromatic carbocycles. The molecule has 0 aliphatic heterocycles. The summed E-state index contributed by atoms with van der Waals surface area (Å²) in [7, 11) is 3.21. The molecule has 1 N–H and O–H groups in total. The van der Waals surface area contributed by atoms with E-state index < -0.39 is 0 Å². The molecule has 2 aliphatic carbocycles.